The lowest BCUT2D eigenvalue weighted by atomic mass is 9.80. The molecule has 34 heavy (non-hydrogen) atoms. The number of rotatable bonds is 8. The molecule has 0 atom stereocenters. The molecule has 1 fully saturated rings. The average molecular weight is 464 g/mol. The number of carboxylic acids is 2. The first-order valence-corrected chi connectivity index (χ1v) is 11.5. The van der Waals surface area contributed by atoms with Crippen molar-refractivity contribution in [3.8, 4) is 22.8 Å². The molecule has 2 aromatic carbocycles. The summed E-state index contributed by atoms with van der Waals surface area (Å²) in [7, 11) is 0. The van der Waals surface area contributed by atoms with Gasteiger partial charge in [0, 0.05) is 24.2 Å². The van der Waals surface area contributed by atoms with Gasteiger partial charge in [-0.25, -0.2) is 0 Å². The monoisotopic (exact) mass is 463 g/mol. The quantitative estimate of drug-likeness (QED) is 0.474. The van der Waals surface area contributed by atoms with Gasteiger partial charge < -0.3 is 14.7 Å². The van der Waals surface area contributed by atoms with Crippen LogP contribution in [0.1, 0.15) is 37.8 Å². The molecule has 0 unspecified atom stereocenters. The molecular weight excluding hydrogens is 434 g/mol. The van der Waals surface area contributed by atoms with E-state index in [4.69, 9.17) is 4.52 Å². The SMILES string of the molecule is CC(C)Cc1ccc(-c2nc(-c3ccc(CN4CCCC(C(=O)O)(C(=O)O)C4)cc3)no2)cc1. The Kier molecular flexibility index (Phi) is 6.79. The third-order valence-electron chi connectivity index (χ3n) is 6.28. The van der Waals surface area contributed by atoms with Crippen LogP contribution in [0.3, 0.4) is 0 Å². The maximum Gasteiger partial charge on any atom is 0.322 e. The number of hydrogen-bond donors (Lipinski definition) is 2. The number of piperidine rings is 1. The molecule has 0 aliphatic carbocycles. The fourth-order valence-electron chi connectivity index (χ4n) is 4.45. The van der Waals surface area contributed by atoms with Crippen LogP contribution in [0.4, 0.5) is 0 Å². The molecule has 2 heterocycles. The van der Waals surface area contributed by atoms with Gasteiger partial charge in [-0.2, -0.15) is 4.98 Å². The molecule has 0 saturated carbocycles. The van der Waals surface area contributed by atoms with Crippen LogP contribution >= 0.6 is 0 Å². The van der Waals surface area contributed by atoms with Crippen LogP contribution < -0.4 is 0 Å². The number of hydrogen-bond acceptors (Lipinski definition) is 6. The van der Waals surface area contributed by atoms with Gasteiger partial charge >= 0.3 is 11.9 Å². The van der Waals surface area contributed by atoms with Crippen molar-refractivity contribution >= 4 is 11.9 Å². The first-order chi connectivity index (χ1) is 16.3. The van der Waals surface area contributed by atoms with E-state index in [-0.39, 0.29) is 13.0 Å². The molecular formula is C26H29N3O5. The first-order valence-electron chi connectivity index (χ1n) is 11.5. The Labute approximate surface area is 198 Å². The fraction of sp³-hybridized carbons (Fsp3) is 0.385. The summed E-state index contributed by atoms with van der Waals surface area (Å²) in [5.74, 6) is -1.01. The van der Waals surface area contributed by atoms with E-state index in [9.17, 15) is 19.8 Å². The highest BCUT2D eigenvalue weighted by molar-refractivity contribution is 5.98. The minimum absolute atomic E-state index is 0.0103. The maximum atomic E-state index is 11.7. The molecule has 3 aromatic rings. The Morgan fingerprint density at radius 3 is 2.24 bits per heavy atom. The molecule has 4 rings (SSSR count). The standard InChI is InChI=1S/C26H29N3O5/c1-17(2)14-18-4-10-21(11-5-18)23-27-22(28-34-23)20-8-6-19(7-9-20)15-29-13-3-12-26(16-29,24(30)31)25(32)33/h4-11,17H,3,12-16H2,1-2H3,(H,30,31)(H,32,33). The molecule has 0 bridgehead atoms. The number of nitrogens with zero attached hydrogens (tertiary/aromatic N) is 3. The predicted octanol–water partition coefficient (Wildman–Crippen LogP) is 4.35. The van der Waals surface area contributed by atoms with E-state index >= 15 is 0 Å². The first kappa shape index (κ1) is 23.6. The highest BCUT2D eigenvalue weighted by Crippen LogP contribution is 2.32. The number of benzene rings is 2. The van der Waals surface area contributed by atoms with Gasteiger partial charge in [0.2, 0.25) is 5.82 Å². The zero-order chi connectivity index (χ0) is 24.3. The minimum atomic E-state index is -1.74. The number of carboxylic acid groups (broad SMARTS) is 2. The molecule has 0 spiro atoms. The molecule has 1 aliphatic rings. The fourth-order valence-corrected chi connectivity index (χ4v) is 4.45. The number of aromatic nitrogens is 2. The van der Waals surface area contributed by atoms with Gasteiger partial charge in [0.05, 0.1) is 0 Å². The van der Waals surface area contributed by atoms with Crippen molar-refractivity contribution in [3.05, 3.63) is 59.7 Å². The van der Waals surface area contributed by atoms with E-state index in [1.807, 2.05) is 41.3 Å². The lowest BCUT2D eigenvalue weighted by Crippen LogP contribution is -2.52. The van der Waals surface area contributed by atoms with Gasteiger partial charge in [0.15, 0.2) is 5.41 Å². The normalized spacial score (nSPS) is 16.0. The zero-order valence-corrected chi connectivity index (χ0v) is 19.4. The van der Waals surface area contributed by atoms with Gasteiger partial charge in [0.25, 0.3) is 5.89 Å². The summed E-state index contributed by atoms with van der Waals surface area (Å²) in [4.78, 5) is 29.7. The van der Waals surface area contributed by atoms with Crippen molar-refractivity contribution in [2.45, 2.75) is 39.7 Å². The van der Waals surface area contributed by atoms with Crippen LogP contribution in [-0.4, -0.2) is 50.3 Å². The number of likely N-dealkylation sites (tertiary alicyclic amines) is 1. The van der Waals surface area contributed by atoms with Crippen molar-refractivity contribution in [1.29, 1.82) is 0 Å². The lowest BCUT2D eigenvalue weighted by Gasteiger charge is -2.37. The lowest BCUT2D eigenvalue weighted by molar-refractivity contribution is -0.169. The molecule has 1 saturated heterocycles. The third kappa shape index (κ3) is 5.02. The molecule has 8 nitrogen and oxygen atoms in total. The summed E-state index contributed by atoms with van der Waals surface area (Å²) < 4.78 is 5.46. The summed E-state index contributed by atoms with van der Waals surface area (Å²) in [6.45, 7) is 5.51. The summed E-state index contributed by atoms with van der Waals surface area (Å²) in [5, 5.41) is 23.1. The van der Waals surface area contributed by atoms with E-state index < -0.39 is 17.4 Å². The Morgan fingerprint density at radius 2 is 1.62 bits per heavy atom. The Morgan fingerprint density at radius 1 is 1.00 bits per heavy atom. The average Bonchev–Trinajstić information content (AvgIpc) is 3.30. The minimum Gasteiger partial charge on any atom is -0.480 e. The molecule has 178 valence electrons. The van der Waals surface area contributed by atoms with Gasteiger partial charge in [-0.1, -0.05) is 55.4 Å². The molecule has 0 radical (unpaired) electrons. The zero-order valence-electron chi connectivity index (χ0n) is 19.4. The van der Waals surface area contributed by atoms with Gasteiger partial charge in [-0.3, -0.25) is 14.5 Å². The second-order valence-corrected chi connectivity index (χ2v) is 9.42. The highest BCUT2D eigenvalue weighted by atomic mass is 16.5. The topological polar surface area (TPSA) is 117 Å². The predicted molar refractivity (Wildman–Crippen MR) is 126 cm³/mol. The molecule has 1 aromatic heterocycles. The van der Waals surface area contributed by atoms with E-state index in [2.05, 4.69) is 36.1 Å². The van der Waals surface area contributed by atoms with E-state index in [1.165, 1.54) is 5.56 Å². The second kappa shape index (κ2) is 9.77. The third-order valence-corrected chi connectivity index (χ3v) is 6.28. The summed E-state index contributed by atoms with van der Waals surface area (Å²) in [6, 6.07) is 15.8. The summed E-state index contributed by atoms with van der Waals surface area (Å²) in [5.41, 5.74) is 2.16. The van der Waals surface area contributed by atoms with Gasteiger partial charge in [-0.05, 0) is 55.0 Å². The Bertz CT molecular complexity index is 1140. The molecule has 2 N–H and O–H groups in total. The summed E-state index contributed by atoms with van der Waals surface area (Å²) >= 11 is 0. The molecule has 8 heteroatoms. The largest absolute Gasteiger partial charge is 0.480 e. The van der Waals surface area contributed by atoms with Crippen LogP contribution in [-0.2, 0) is 22.6 Å². The van der Waals surface area contributed by atoms with Crippen LogP contribution in [0.5, 0.6) is 0 Å². The van der Waals surface area contributed by atoms with Crippen LogP contribution in [0.25, 0.3) is 22.8 Å². The Hall–Kier alpha value is -3.52. The number of carbonyl (C=O) groups is 2. The molecule has 1 aliphatic heterocycles. The van der Waals surface area contributed by atoms with Crippen LogP contribution in [0.15, 0.2) is 53.1 Å². The van der Waals surface area contributed by atoms with Gasteiger partial charge in [0.1, 0.15) is 0 Å². The smallest absolute Gasteiger partial charge is 0.322 e. The number of aliphatic carboxylic acids is 2. The van der Waals surface area contributed by atoms with Gasteiger partial charge in [-0.15, -0.1) is 0 Å². The van der Waals surface area contributed by atoms with Crippen molar-refractivity contribution in [2.24, 2.45) is 11.3 Å². The molecule has 0 amide bonds. The maximum absolute atomic E-state index is 11.7. The van der Waals surface area contributed by atoms with Crippen LogP contribution in [0, 0.1) is 11.3 Å². The van der Waals surface area contributed by atoms with E-state index in [1.54, 1.807) is 0 Å². The van der Waals surface area contributed by atoms with Crippen molar-refractivity contribution in [1.82, 2.24) is 15.0 Å². The van der Waals surface area contributed by atoms with Crippen molar-refractivity contribution in [3.63, 3.8) is 0 Å². The Balaban J connectivity index is 1.43. The van der Waals surface area contributed by atoms with E-state index in [0.717, 1.165) is 23.1 Å². The highest BCUT2D eigenvalue weighted by Gasteiger charge is 2.49. The second-order valence-electron chi connectivity index (χ2n) is 9.42. The van der Waals surface area contributed by atoms with Crippen LogP contribution in [0.2, 0.25) is 0 Å². The van der Waals surface area contributed by atoms with E-state index in [0.29, 0.717) is 37.1 Å². The van der Waals surface area contributed by atoms with Crippen molar-refractivity contribution < 1.29 is 24.3 Å². The van der Waals surface area contributed by atoms with Crippen molar-refractivity contribution in [2.75, 3.05) is 13.1 Å². The summed E-state index contributed by atoms with van der Waals surface area (Å²) in [6.07, 6.45) is 1.70.